The molecule has 0 spiro atoms. The van der Waals surface area contributed by atoms with Crippen molar-refractivity contribution >= 4 is 21.1 Å². The Morgan fingerprint density at radius 1 is 0.957 bits per heavy atom. The number of imidazole rings is 1. The molecule has 0 saturated heterocycles. The lowest BCUT2D eigenvalue weighted by Crippen LogP contribution is -2.25. The first-order chi connectivity index (χ1) is 11.0. The lowest BCUT2D eigenvalue weighted by Gasteiger charge is -2.07. The zero-order chi connectivity index (χ0) is 16.3. The molecule has 23 heavy (non-hydrogen) atoms. The lowest BCUT2D eigenvalue weighted by molar-refractivity contribution is 0.579. The number of rotatable bonds is 6. The summed E-state index contributed by atoms with van der Waals surface area (Å²) in [5.41, 5.74) is 1.88. The molecule has 0 radical (unpaired) electrons. The molecule has 1 heterocycles. The highest BCUT2D eigenvalue weighted by molar-refractivity contribution is 7.89. The third kappa shape index (κ3) is 3.69. The molecule has 0 amide bonds. The molecule has 0 aliphatic heterocycles. The van der Waals surface area contributed by atoms with Crippen molar-refractivity contribution in [1.29, 1.82) is 0 Å². The van der Waals surface area contributed by atoms with E-state index < -0.39 is 10.0 Å². The Labute approximate surface area is 133 Å². The SMILES string of the molecule is O=c1[nH]c2ccc(S(=O)(=O)NCCCc3ccccc3)cc2[nH]1. The van der Waals surface area contributed by atoms with Crippen molar-refractivity contribution in [2.24, 2.45) is 0 Å². The zero-order valence-corrected chi connectivity index (χ0v) is 13.2. The van der Waals surface area contributed by atoms with Gasteiger partial charge >= 0.3 is 5.69 Å². The van der Waals surface area contributed by atoms with E-state index >= 15 is 0 Å². The summed E-state index contributed by atoms with van der Waals surface area (Å²) in [5, 5.41) is 0. The number of sulfonamides is 1. The van der Waals surface area contributed by atoms with Crippen LogP contribution in [0, 0.1) is 0 Å². The molecule has 3 aromatic rings. The second-order valence-corrected chi connectivity index (χ2v) is 7.04. The van der Waals surface area contributed by atoms with Gasteiger partial charge in [-0.3, -0.25) is 0 Å². The van der Waals surface area contributed by atoms with Crippen molar-refractivity contribution in [2.75, 3.05) is 6.54 Å². The van der Waals surface area contributed by atoms with Gasteiger partial charge in [-0.1, -0.05) is 30.3 Å². The molecule has 0 atom stereocenters. The molecular formula is C16H17N3O3S. The van der Waals surface area contributed by atoms with Gasteiger partial charge in [0.05, 0.1) is 15.9 Å². The van der Waals surface area contributed by atoms with Crippen LogP contribution in [0.4, 0.5) is 0 Å². The largest absolute Gasteiger partial charge is 0.323 e. The average molecular weight is 331 g/mol. The second-order valence-electron chi connectivity index (χ2n) is 5.27. The van der Waals surface area contributed by atoms with E-state index in [4.69, 9.17) is 0 Å². The van der Waals surface area contributed by atoms with Gasteiger partial charge in [0, 0.05) is 6.54 Å². The van der Waals surface area contributed by atoms with Crippen molar-refractivity contribution in [2.45, 2.75) is 17.7 Å². The highest BCUT2D eigenvalue weighted by Crippen LogP contribution is 2.14. The molecule has 0 saturated carbocycles. The zero-order valence-electron chi connectivity index (χ0n) is 12.4. The van der Waals surface area contributed by atoms with Gasteiger partial charge in [0.1, 0.15) is 0 Å². The number of aryl methyl sites for hydroxylation is 1. The van der Waals surface area contributed by atoms with E-state index in [9.17, 15) is 13.2 Å². The van der Waals surface area contributed by atoms with E-state index in [0.29, 0.717) is 24.0 Å². The van der Waals surface area contributed by atoms with Gasteiger partial charge < -0.3 is 9.97 Å². The maximum Gasteiger partial charge on any atom is 0.323 e. The highest BCUT2D eigenvalue weighted by Gasteiger charge is 2.14. The Balaban J connectivity index is 1.64. The normalized spacial score (nSPS) is 11.8. The standard InChI is InChI=1S/C16H17N3O3S/c20-16-18-14-9-8-13(11-15(14)19-16)23(21,22)17-10-4-7-12-5-2-1-3-6-12/h1-3,5-6,8-9,11,17H,4,7,10H2,(H2,18,19,20). The first-order valence-corrected chi connectivity index (χ1v) is 8.78. The minimum absolute atomic E-state index is 0.139. The van der Waals surface area contributed by atoms with E-state index in [1.165, 1.54) is 17.7 Å². The topological polar surface area (TPSA) is 94.8 Å². The van der Waals surface area contributed by atoms with Crippen LogP contribution in [-0.4, -0.2) is 24.9 Å². The molecule has 0 bridgehead atoms. The summed E-state index contributed by atoms with van der Waals surface area (Å²) in [5.74, 6) is 0. The summed E-state index contributed by atoms with van der Waals surface area (Å²) < 4.78 is 27.1. The van der Waals surface area contributed by atoms with Crippen LogP contribution in [0.3, 0.4) is 0 Å². The summed E-state index contributed by atoms with van der Waals surface area (Å²) in [6, 6.07) is 14.4. The number of benzene rings is 2. The van der Waals surface area contributed by atoms with Crippen molar-refractivity contribution in [3.05, 3.63) is 64.6 Å². The van der Waals surface area contributed by atoms with Crippen molar-refractivity contribution < 1.29 is 8.42 Å². The summed E-state index contributed by atoms with van der Waals surface area (Å²) in [4.78, 5) is 16.5. The Hall–Kier alpha value is -2.38. The fourth-order valence-corrected chi connectivity index (χ4v) is 3.51. The van der Waals surface area contributed by atoms with Crippen molar-refractivity contribution in [1.82, 2.24) is 14.7 Å². The van der Waals surface area contributed by atoms with Crippen LogP contribution in [-0.2, 0) is 16.4 Å². The first kappa shape index (κ1) is 15.5. The van der Waals surface area contributed by atoms with Gasteiger partial charge in [0.2, 0.25) is 10.0 Å². The van der Waals surface area contributed by atoms with Crippen LogP contribution in [0.5, 0.6) is 0 Å². The van der Waals surface area contributed by atoms with Crippen molar-refractivity contribution in [3.63, 3.8) is 0 Å². The molecule has 7 heteroatoms. The smallest absolute Gasteiger partial charge is 0.306 e. The Bertz CT molecular complexity index is 959. The molecule has 1 aromatic heterocycles. The molecule has 3 rings (SSSR count). The van der Waals surface area contributed by atoms with Crippen LogP contribution in [0.1, 0.15) is 12.0 Å². The lowest BCUT2D eigenvalue weighted by atomic mass is 10.1. The fourth-order valence-electron chi connectivity index (χ4n) is 2.41. The number of H-pyrrole nitrogens is 2. The van der Waals surface area contributed by atoms with Crippen LogP contribution < -0.4 is 10.4 Å². The van der Waals surface area contributed by atoms with Gasteiger partial charge in [-0.2, -0.15) is 0 Å². The number of hydrogen-bond acceptors (Lipinski definition) is 3. The van der Waals surface area contributed by atoms with E-state index in [-0.39, 0.29) is 10.6 Å². The van der Waals surface area contributed by atoms with Crippen LogP contribution in [0.15, 0.2) is 58.2 Å². The molecule has 120 valence electrons. The molecular weight excluding hydrogens is 314 g/mol. The fraction of sp³-hybridized carbons (Fsp3) is 0.188. The molecule has 0 unspecified atom stereocenters. The quantitative estimate of drug-likeness (QED) is 0.601. The molecule has 0 aliphatic rings. The minimum atomic E-state index is -3.58. The van der Waals surface area contributed by atoms with Gasteiger partial charge in [-0.15, -0.1) is 0 Å². The maximum absolute atomic E-state index is 12.3. The van der Waals surface area contributed by atoms with E-state index in [2.05, 4.69) is 14.7 Å². The third-order valence-corrected chi connectivity index (χ3v) is 5.03. The number of aromatic amines is 2. The highest BCUT2D eigenvalue weighted by atomic mass is 32.2. The van der Waals surface area contributed by atoms with E-state index in [1.54, 1.807) is 6.07 Å². The predicted molar refractivity (Wildman–Crippen MR) is 88.9 cm³/mol. The van der Waals surface area contributed by atoms with Gasteiger partial charge in [0.15, 0.2) is 0 Å². The van der Waals surface area contributed by atoms with E-state index in [1.807, 2.05) is 30.3 Å². The minimum Gasteiger partial charge on any atom is -0.306 e. The molecule has 2 aromatic carbocycles. The second kappa shape index (κ2) is 6.39. The molecule has 6 nitrogen and oxygen atoms in total. The number of hydrogen-bond donors (Lipinski definition) is 3. The average Bonchev–Trinajstić information content (AvgIpc) is 2.92. The predicted octanol–water partition coefficient (Wildman–Crippen LogP) is 1.77. The first-order valence-electron chi connectivity index (χ1n) is 7.30. The monoisotopic (exact) mass is 331 g/mol. The summed E-state index contributed by atoms with van der Waals surface area (Å²) in [7, 11) is -3.58. The van der Waals surface area contributed by atoms with Gasteiger partial charge in [-0.25, -0.2) is 17.9 Å². The van der Waals surface area contributed by atoms with Gasteiger partial charge in [0.25, 0.3) is 0 Å². The third-order valence-electron chi connectivity index (χ3n) is 3.57. The van der Waals surface area contributed by atoms with Gasteiger partial charge in [-0.05, 0) is 36.6 Å². The van der Waals surface area contributed by atoms with Crippen molar-refractivity contribution in [3.8, 4) is 0 Å². The summed E-state index contributed by atoms with van der Waals surface area (Å²) >= 11 is 0. The summed E-state index contributed by atoms with van der Waals surface area (Å²) in [6.07, 6.45) is 1.53. The maximum atomic E-state index is 12.3. The van der Waals surface area contributed by atoms with Crippen LogP contribution >= 0.6 is 0 Å². The molecule has 3 N–H and O–H groups in total. The Morgan fingerprint density at radius 3 is 2.48 bits per heavy atom. The Morgan fingerprint density at radius 2 is 1.70 bits per heavy atom. The van der Waals surface area contributed by atoms with Crippen LogP contribution in [0.25, 0.3) is 11.0 Å². The number of aromatic nitrogens is 2. The van der Waals surface area contributed by atoms with E-state index in [0.717, 1.165) is 6.42 Å². The van der Waals surface area contributed by atoms with Crippen LogP contribution in [0.2, 0.25) is 0 Å². The number of nitrogens with one attached hydrogen (secondary N) is 3. The molecule has 0 aliphatic carbocycles. The number of fused-ring (bicyclic) bond motifs is 1. The summed E-state index contributed by atoms with van der Waals surface area (Å²) in [6.45, 7) is 0.360. The Kier molecular flexibility index (Phi) is 4.31. The molecule has 0 fully saturated rings.